The first-order chi connectivity index (χ1) is 14.4. The number of hydrogen-bond acceptors (Lipinski definition) is 5. The highest BCUT2D eigenvalue weighted by atomic mass is 16.5. The summed E-state index contributed by atoms with van der Waals surface area (Å²) in [6.45, 7) is 6.83. The minimum atomic E-state index is -0.664. The fraction of sp³-hybridized carbons (Fsp3) is 0.591. The smallest absolute Gasteiger partial charge is 0.408 e. The van der Waals surface area contributed by atoms with Crippen molar-refractivity contribution in [2.75, 3.05) is 26.2 Å². The van der Waals surface area contributed by atoms with E-state index in [9.17, 15) is 14.4 Å². The summed E-state index contributed by atoms with van der Waals surface area (Å²) >= 11 is 0. The van der Waals surface area contributed by atoms with Gasteiger partial charge >= 0.3 is 6.09 Å². The first-order valence-corrected chi connectivity index (χ1v) is 10.6. The van der Waals surface area contributed by atoms with E-state index in [-0.39, 0.29) is 30.3 Å². The van der Waals surface area contributed by atoms with E-state index in [4.69, 9.17) is 10.5 Å². The van der Waals surface area contributed by atoms with Gasteiger partial charge in [0.2, 0.25) is 11.8 Å². The Balaban J connectivity index is 1.70. The summed E-state index contributed by atoms with van der Waals surface area (Å²) in [4.78, 5) is 38.2. The molecule has 1 aromatic carbocycles. The number of carbonyl (C=O) groups is 3. The Morgan fingerprint density at radius 3 is 2.63 bits per heavy atom. The first kappa shape index (κ1) is 23.7. The molecule has 30 heavy (non-hydrogen) atoms. The Kier molecular flexibility index (Phi) is 9.60. The molecule has 8 heteroatoms. The highest BCUT2D eigenvalue weighted by Gasteiger charge is 2.25. The molecule has 1 heterocycles. The van der Waals surface area contributed by atoms with Crippen LogP contribution in [0.2, 0.25) is 0 Å². The molecule has 2 atom stereocenters. The second-order valence-corrected chi connectivity index (χ2v) is 8.11. The number of hydrogen-bond donors (Lipinski definition) is 3. The Bertz CT molecular complexity index is 696. The number of rotatable bonds is 10. The zero-order chi connectivity index (χ0) is 21.9. The molecule has 3 amide bonds. The van der Waals surface area contributed by atoms with Gasteiger partial charge in [-0.3, -0.25) is 9.59 Å². The van der Waals surface area contributed by atoms with E-state index >= 15 is 0 Å². The molecule has 0 aromatic heterocycles. The third-order valence-electron chi connectivity index (χ3n) is 5.29. The van der Waals surface area contributed by atoms with E-state index in [0.29, 0.717) is 13.1 Å². The van der Waals surface area contributed by atoms with Gasteiger partial charge in [-0.05, 0) is 43.8 Å². The molecule has 166 valence electrons. The lowest BCUT2D eigenvalue weighted by Crippen LogP contribution is -2.50. The summed E-state index contributed by atoms with van der Waals surface area (Å²) in [5, 5.41) is 5.55. The molecular formula is C22H34N4O4. The van der Waals surface area contributed by atoms with E-state index in [1.807, 2.05) is 44.2 Å². The summed E-state index contributed by atoms with van der Waals surface area (Å²) < 4.78 is 5.22. The Morgan fingerprint density at radius 2 is 1.97 bits per heavy atom. The van der Waals surface area contributed by atoms with Crippen LogP contribution in [0.1, 0.15) is 38.7 Å². The topological polar surface area (TPSA) is 114 Å². The van der Waals surface area contributed by atoms with Crippen molar-refractivity contribution in [2.45, 2.75) is 45.8 Å². The standard InChI is InChI=1S/C22H34N4O4/c1-16(2)19(25-22(29)30-15-17-8-4-3-5-9-17)21(28)24-11-7-13-26-12-6-10-18(14-26)20(23)27/h3-5,8-9,16,18-19H,6-7,10-15H2,1-2H3,(H2,23,27)(H,24,28)(H,25,29)/t18?,19-/m0/s1. The number of primary amides is 1. The van der Waals surface area contributed by atoms with Gasteiger partial charge in [0.25, 0.3) is 0 Å². The van der Waals surface area contributed by atoms with Crippen LogP contribution < -0.4 is 16.4 Å². The minimum Gasteiger partial charge on any atom is -0.445 e. The molecule has 0 aliphatic carbocycles. The molecule has 2 rings (SSSR count). The highest BCUT2D eigenvalue weighted by Crippen LogP contribution is 2.15. The molecule has 0 spiro atoms. The van der Waals surface area contributed by atoms with Crippen molar-refractivity contribution >= 4 is 17.9 Å². The molecule has 1 aliphatic rings. The maximum absolute atomic E-state index is 12.5. The number of piperidine rings is 1. The monoisotopic (exact) mass is 418 g/mol. The predicted octanol–water partition coefficient (Wildman–Crippen LogP) is 1.64. The molecule has 0 saturated carbocycles. The normalized spacial score (nSPS) is 17.9. The third-order valence-corrected chi connectivity index (χ3v) is 5.29. The number of likely N-dealkylation sites (tertiary alicyclic amines) is 1. The van der Waals surface area contributed by atoms with Crippen LogP contribution in [0.15, 0.2) is 30.3 Å². The van der Waals surface area contributed by atoms with E-state index in [0.717, 1.165) is 37.9 Å². The summed E-state index contributed by atoms with van der Waals surface area (Å²) in [6, 6.07) is 8.71. The van der Waals surface area contributed by atoms with Crippen molar-refractivity contribution in [1.82, 2.24) is 15.5 Å². The third kappa shape index (κ3) is 8.02. The summed E-state index contributed by atoms with van der Waals surface area (Å²) in [7, 11) is 0. The summed E-state index contributed by atoms with van der Waals surface area (Å²) in [5.74, 6) is -0.620. The number of amides is 3. The van der Waals surface area contributed by atoms with Crippen LogP contribution in [0.4, 0.5) is 4.79 Å². The van der Waals surface area contributed by atoms with Crippen molar-refractivity contribution in [3.8, 4) is 0 Å². The van der Waals surface area contributed by atoms with E-state index < -0.39 is 12.1 Å². The molecule has 0 bridgehead atoms. The second-order valence-electron chi connectivity index (χ2n) is 8.11. The lowest BCUT2D eigenvalue weighted by molar-refractivity contribution is -0.124. The van der Waals surface area contributed by atoms with Gasteiger partial charge in [0.05, 0.1) is 5.92 Å². The van der Waals surface area contributed by atoms with Crippen molar-refractivity contribution in [2.24, 2.45) is 17.6 Å². The van der Waals surface area contributed by atoms with Gasteiger partial charge < -0.3 is 26.0 Å². The maximum Gasteiger partial charge on any atom is 0.408 e. The molecule has 1 saturated heterocycles. The van der Waals surface area contributed by atoms with Crippen LogP contribution in [-0.4, -0.2) is 55.0 Å². The van der Waals surface area contributed by atoms with Gasteiger partial charge in [-0.1, -0.05) is 44.2 Å². The predicted molar refractivity (Wildman–Crippen MR) is 114 cm³/mol. The zero-order valence-electron chi connectivity index (χ0n) is 17.9. The van der Waals surface area contributed by atoms with Gasteiger partial charge in [-0.2, -0.15) is 0 Å². The lowest BCUT2D eigenvalue weighted by atomic mass is 9.97. The lowest BCUT2D eigenvalue weighted by Gasteiger charge is -2.31. The Morgan fingerprint density at radius 1 is 1.23 bits per heavy atom. The molecule has 1 unspecified atom stereocenters. The number of benzene rings is 1. The number of alkyl carbamates (subject to hydrolysis) is 1. The van der Waals surface area contributed by atoms with Crippen LogP contribution >= 0.6 is 0 Å². The van der Waals surface area contributed by atoms with Gasteiger partial charge in [-0.25, -0.2) is 4.79 Å². The maximum atomic E-state index is 12.5. The highest BCUT2D eigenvalue weighted by molar-refractivity contribution is 5.85. The Hall–Kier alpha value is -2.61. The van der Waals surface area contributed by atoms with Crippen LogP contribution in [-0.2, 0) is 20.9 Å². The zero-order valence-corrected chi connectivity index (χ0v) is 17.9. The van der Waals surface area contributed by atoms with Gasteiger partial charge in [0, 0.05) is 13.1 Å². The van der Waals surface area contributed by atoms with E-state index in [1.165, 1.54) is 0 Å². The van der Waals surface area contributed by atoms with Gasteiger partial charge in [0.15, 0.2) is 0 Å². The number of ether oxygens (including phenoxy) is 1. The SMILES string of the molecule is CC(C)[C@H](NC(=O)OCc1ccccc1)C(=O)NCCCN1CCCC(C(N)=O)C1. The molecule has 0 radical (unpaired) electrons. The molecule has 1 aromatic rings. The minimum absolute atomic E-state index is 0.0762. The molecule has 1 fully saturated rings. The van der Waals surface area contributed by atoms with Crippen LogP contribution in [0.3, 0.4) is 0 Å². The molecule has 4 N–H and O–H groups in total. The number of nitrogens with two attached hydrogens (primary N) is 1. The van der Waals surface area contributed by atoms with E-state index in [2.05, 4.69) is 15.5 Å². The average Bonchev–Trinajstić information content (AvgIpc) is 2.74. The largest absolute Gasteiger partial charge is 0.445 e. The van der Waals surface area contributed by atoms with Crippen LogP contribution in [0, 0.1) is 11.8 Å². The fourth-order valence-electron chi connectivity index (χ4n) is 3.54. The average molecular weight is 419 g/mol. The quantitative estimate of drug-likeness (QED) is 0.500. The summed E-state index contributed by atoms with van der Waals surface area (Å²) in [5.41, 5.74) is 6.30. The van der Waals surface area contributed by atoms with Crippen molar-refractivity contribution in [3.05, 3.63) is 35.9 Å². The van der Waals surface area contributed by atoms with Crippen LogP contribution in [0.25, 0.3) is 0 Å². The van der Waals surface area contributed by atoms with Gasteiger partial charge in [0.1, 0.15) is 12.6 Å². The van der Waals surface area contributed by atoms with Crippen molar-refractivity contribution in [3.63, 3.8) is 0 Å². The molecular weight excluding hydrogens is 384 g/mol. The second kappa shape index (κ2) is 12.2. The number of carbonyl (C=O) groups excluding carboxylic acids is 3. The van der Waals surface area contributed by atoms with Crippen LogP contribution in [0.5, 0.6) is 0 Å². The van der Waals surface area contributed by atoms with E-state index in [1.54, 1.807) is 0 Å². The first-order valence-electron chi connectivity index (χ1n) is 10.6. The number of nitrogens with zero attached hydrogens (tertiary/aromatic N) is 1. The van der Waals surface area contributed by atoms with Crippen molar-refractivity contribution < 1.29 is 19.1 Å². The van der Waals surface area contributed by atoms with Crippen molar-refractivity contribution in [1.29, 1.82) is 0 Å². The summed E-state index contributed by atoms with van der Waals surface area (Å²) in [6.07, 6.45) is 1.97. The molecule has 1 aliphatic heterocycles. The van der Waals surface area contributed by atoms with Gasteiger partial charge in [-0.15, -0.1) is 0 Å². The Labute approximate surface area is 178 Å². The molecule has 8 nitrogen and oxygen atoms in total. The number of nitrogens with one attached hydrogen (secondary N) is 2. The fourth-order valence-corrected chi connectivity index (χ4v) is 3.54.